The third-order valence-corrected chi connectivity index (χ3v) is 4.01. The summed E-state index contributed by atoms with van der Waals surface area (Å²) in [4.78, 5) is 0. The Labute approximate surface area is 129 Å². The summed E-state index contributed by atoms with van der Waals surface area (Å²) in [5, 5.41) is 3.66. The van der Waals surface area contributed by atoms with E-state index in [9.17, 15) is 0 Å². The predicted molar refractivity (Wildman–Crippen MR) is 86.9 cm³/mol. The molecule has 0 bridgehead atoms. The van der Waals surface area contributed by atoms with Gasteiger partial charge in [-0.25, -0.2) is 0 Å². The minimum atomic E-state index is 0.378. The average Bonchev–Trinajstić information content (AvgIpc) is 2.53. The molecule has 0 aliphatic carbocycles. The molecule has 2 rings (SSSR count). The Balaban J connectivity index is 1.99. The number of benzene rings is 1. The second-order valence-electron chi connectivity index (χ2n) is 5.73. The zero-order valence-electron chi connectivity index (χ0n) is 13.4. The van der Waals surface area contributed by atoms with E-state index in [1.807, 2.05) is 6.92 Å². The van der Waals surface area contributed by atoms with Crippen molar-refractivity contribution in [3.05, 3.63) is 29.8 Å². The number of rotatable bonds is 8. The summed E-state index contributed by atoms with van der Waals surface area (Å²) in [7, 11) is 0. The maximum absolute atomic E-state index is 5.91. The van der Waals surface area contributed by atoms with E-state index in [1.165, 1.54) is 24.8 Å². The van der Waals surface area contributed by atoms with Crippen LogP contribution in [0.3, 0.4) is 0 Å². The topological polar surface area (TPSA) is 30.5 Å². The zero-order chi connectivity index (χ0) is 14.9. The molecule has 3 heteroatoms. The largest absolute Gasteiger partial charge is 0.494 e. The van der Waals surface area contributed by atoms with E-state index in [2.05, 4.69) is 36.5 Å². The van der Waals surface area contributed by atoms with Crippen LogP contribution in [0.4, 0.5) is 0 Å². The molecule has 1 fully saturated rings. The van der Waals surface area contributed by atoms with Crippen LogP contribution < -0.4 is 10.1 Å². The molecular formula is C18H29NO2. The second-order valence-corrected chi connectivity index (χ2v) is 5.73. The molecule has 1 aromatic rings. The van der Waals surface area contributed by atoms with Crippen molar-refractivity contribution in [2.75, 3.05) is 19.8 Å². The first kappa shape index (κ1) is 16.3. The highest BCUT2D eigenvalue weighted by Crippen LogP contribution is 2.26. The predicted octanol–water partition coefficient (Wildman–Crippen LogP) is 4.09. The molecule has 1 N–H and O–H groups in total. The van der Waals surface area contributed by atoms with Crippen LogP contribution in [-0.4, -0.2) is 25.9 Å². The average molecular weight is 291 g/mol. The fourth-order valence-corrected chi connectivity index (χ4v) is 2.88. The van der Waals surface area contributed by atoms with Gasteiger partial charge in [-0.2, -0.15) is 0 Å². The highest BCUT2D eigenvalue weighted by atomic mass is 16.5. The molecule has 1 aliphatic heterocycles. The minimum absolute atomic E-state index is 0.378. The van der Waals surface area contributed by atoms with Crippen LogP contribution in [0.1, 0.15) is 57.6 Å². The van der Waals surface area contributed by atoms with Gasteiger partial charge < -0.3 is 14.8 Å². The Kier molecular flexibility index (Phi) is 7.04. The number of hydrogen-bond donors (Lipinski definition) is 1. The van der Waals surface area contributed by atoms with Gasteiger partial charge in [0.2, 0.25) is 0 Å². The van der Waals surface area contributed by atoms with Crippen LogP contribution in [0.25, 0.3) is 0 Å². The Morgan fingerprint density at radius 3 is 2.67 bits per heavy atom. The van der Waals surface area contributed by atoms with E-state index < -0.39 is 0 Å². The molecule has 21 heavy (non-hydrogen) atoms. The van der Waals surface area contributed by atoms with Crippen molar-refractivity contribution < 1.29 is 9.47 Å². The smallest absolute Gasteiger partial charge is 0.119 e. The second kappa shape index (κ2) is 9.06. The summed E-state index contributed by atoms with van der Waals surface area (Å²) in [5.74, 6) is 0.949. The highest BCUT2D eigenvalue weighted by Gasteiger charge is 2.20. The van der Waals surface area contributed by atoms with Crippen molar-refractivity contribution in [2.24, 2.45) is 0 Å². The van der Waals surface area contributed by atoms with Crippen LogP contribution >= 0.6 is 0 Å². The molecule has 1 saturated heterocycles. The molecule has 2 unspecified atom stereocenters. The minimum Gasteiger partial charge on any atom is -0.494 e. The van der Waals surface area contributed by atoms with Crippen molar-refractivity contribution in [1.29, 1.82) is 0 Å². The third kappa shape index (κ3) is 5.33. The molecule has 0 spiro atoms. The summed E-state index contributed by atoms with van der Waals surface area (Å²) >= 11 is 0. The third-order valence-electron chi connectivity index (χ3n) is 4.01. The molecule has 1 aliphatic rings. The lowest BCUT2D eigenvalue weighted by Gasteiger charge is -2.28. The quantitative estimate of drug-likeness (QED) is 0.782. The Bertz CT molecular complexity index is 385. The highest BCUT2D eigenvalue weighted by molar-refractivity contribution is 5.29. The lowest BCUT2D eigenvalue weighted by Crippen LogP contribution is -2.29. The lowest BCUT2D eigenvalue weighted by atomic mass is 9.96. The molecule has 0 saturated carbocycles. The molecule has 0 aromatic heterocycles. The first-order chi connectivity index (χ1) is 10.3. The summed E-state index contributed by atoms with van der Waals surface area (Å²) in [6.07, 6.45) is 6.33. The van der Waals surface area contributed by atoms with Crippen molar-refractivity contribution in [3.63, 3.8) is 0 Å². The van der Waals surface area contributed by atoms with Gasteiger partial charge in [0.15, 0.2) is 0 Å². The van der Waals surface area contributed by atoms with Crippen molar-refractivity contribution in [3.8, 4) is 5.75 Å². The number of ether oxygens (including phenoxy) is 2. The molecule has 0 amide bonds. The summed E-state index contributed by atoms with van der Waals surface area (Å²) in [5.41, 5.74) is 1.33. The molecular weight excluding hydrogens is 262 g/mol. The van der Waals surface area contributed by atoms with Crippen molar-refractivity contribution in [2.45, 2.75) is 58.1 Å². The normalized spacial score (nSPS) is 20.2. The first-order valence-electron chi connectivity index (χ1n) is 8.41. The van der Waals surface area contributed by atoms with Gasteiger partial charge in [0.1, 0.15) is 5.75 Å². The van der Waals surface area contributed by atoms with E-state index in [1.54, 1.807) is 0 Å². The standard InChI is InChI=1S/C18H29NO2/c1-3-12-19-18(14-17-7-5-6-13-21-17)15-8-10-16(11-9-15)20-4-2/h8-11,17-19H,3-7,12-14H2,1-2H3. The zero-order valence-corrected chi connectivity index (χ0v) is 13.4. The van der Waals surface area contributed by atoms with Crippen molar-refractivity contribution >= 4 is 0 Å². The van der Waals surface area contributed by atoms with E-state index in [4.69, 9.17) is 9.47 Å². The Morgan fingerprint density at radius 2 is 2.05 bits per heavy atom. The van der Waals surface area contributed by atoms with Gasteiger partial charge in [-0.05, 0) is 63.3 Å². The monoisotopic (exact) mass is 291 g/mol. The summed E-state index contributed by atoms with van der Waals surface area (Å²) in [6, 6.07) is 8.88. The number of hydrogen-bond acceptors (Lipinski definition) is 3. The maximum atomic E-state index is 5.91. The van der Waals surface area contributed by atoms with Crippen LogP contribution in [0.2, 0.25) is 0 Å². The van der Waals surface area contributed by atoms with Crippen LogP contribution in [-0.2, 0) is 4.74 Å². The fraction of sp³-hybridized carbons (Fsp3) is 0.667. The fourth-order valence-electron chi connectivity index (χ4n) is 2.88. The van der Waals surface area contributed by atoms with Gasteiger partial charge in [0.25, 0.3) is 0 Å². The molecule has 1 heterocycles. The molecule has 2 atom stereocenters. The van der Waals surface area contributed by atoms with Crippen molar-refractivity contribution in [1.82, 2.24) is 5.32 Å². The maximum Gasteiger partial charge on any atom is 0.119 e. The van der Waals surface area contributed by atoms with E-state index >= 15 is 0 Å². The molecule has 3 nitrogen and oxygen atoms in total. The van der Waals surface area contributed by atoms with Gasteiger partial charge in [-0.3, -0.25) is 0 Å². The van der Waals surface area contributed by atoms with Gasteiger partial charge in [0.05, 0.1) is 12.7 Å². The van der Waals surface area contributed by atoms with E-state index in [-0.39, 0.29) is 0 Å². The van der Waals surface area contributed by atoms with E-state index in [0.717, 1.165) is 31.7 Å². The molecule has 1 aromatic carbocycles. The molecule has 0 radical (unpaired) electrons. The van der Waals surface area contributed by atoms with Gasteiger partial charge >= 0.3 is 0 Å². The SMILES string of the molecule is CCCNC(CC1CCCCO1)c1ccc(OCC)cc1. The summed E-state index contributed by atoms with van der Waals surface area (Å²) in [6.45, 7) is 6.91. The molecule has 118 valence electrons. The van der Waals surface area contributed by atoms with Crippen LogP contribution in [0.15, 0.2) is 24.3 Å². The number of nitrogens with one attached hydrogen (secondary N) is 1. The van der Waals surface area contributed by atoms with Crippen LogP contribution in [0.5, 0.6) is 5.75 Å². The Morgan fingerprint density at radius 1 is 1.24 bits per heavy atom. The van der Waals surface area contributed by atoms with Gasteiger partial charge in [-0.15, -0.1) is 0 Å². The lowest BCUT2D eigenvalue weighted by molar-refractivity contribution is 0.00505. The Hall–Kier alpha value is -1.06. The van der Waals surface area contributed by atoms with Gasteiger partial charge in [0, 0.05) is 12.6 Å². The van der Waals surface area contributed by atoms with Crippen LogP contribution in [0, 0.1) is 0 Å². The first-order valence-corrected chi connectivity index (χ1v) is 8.41. The van der Waals surface area contributed by atoms with E-state index in [0.29, 0.717) is 18.8 Å². The van der Waals surface area contributed by atoms with Gasteiger partial charge in [-0.1, -0.05) is 19.1 Å². The summed E-state index contributed by atoms with van der Waals surface area (Å²) < 4.78 is 11.4.